The third kappa shape index (κ3) is 4.98. The molecule has 0 unspecified atom stereocenters. The van der Waals surface area contributed by atoms with Gasteiger partial charge < -0.3 is 4.90 Å². The predicted molar refractivity (Wildman–Crippen MR) is 67.2 cm³/mol. The zero-order valence-electron chi connectivity index (χ0n) is 10.1. The van der Waals surface area contributed by atoms with Gasteiger partial charge in [-0.05, 0) is 37.9 Å². The van der Waals surface area contributed by atoms with Crippen molar-refractivity contribution in [2.24, 2.45) is 0 Å². The molecule has 0 heterocycles. The Morgan fingerprint density at radius 2 is 1.47 bits per heavy atom. The van der Waals surface area contributed by atoms with Crippen molar-refractivity contribution in [2.75, 3.05) is 19.6 Å². The molecule has 1 aromatic carbocycles. The standard InChI is InChI=1S/C14H23N/c1-3-11-15(12-4-2)13-10-14-8-6-5-7-9-14/h5-9H,3-4,10-13H2,1-2H3. The lowest BCUT2D eigenvalue weighted by Gasteiger charge is -2.20. The fourth-order valence-corrected chi connectivity index (χ4v) is 1.90. The van der Waals surface area contributed by atoms with Gasteiger partial charge in [-0.25, -0.2) is 0 Å². The largest absolute Gasteiger partial charge is 0.303 e. The first-order valence-corrected chi connectivity index (χ1v) is 6.13. The highest BCUT2D eigenvalue weighted by molar-refractivity contribution is 5.14. The van der Waals surface area contributed by atoms with Crippen LogP contribution in [0.4, 0.5) is 0 Å². The molecule has 0 N–H and O–H groups in total. The van der Waals surface area contributed by atoms with E-state index in [0.717, 1.165) is 0 Å². The number of hydrogen-bond donors (Lipinski definition) is 0. The Balaban J connectivity index is 2.33. The quantitative estimate of drug-likeness (QED) is 0.660. The van der Waals surface area contributed by atoms with E-state index in [9.17, 15) is 0 Å². The van der Waals surface area contributed by atoms with E-state index in [1.165, 1.54) is 44.5 Å². The average molecular weight is 205 g/mol. The summed E-state index contributed by atoms with van der Waals surface area (Å²) in [5.74, 6) is 0. The molecule has 0 atom stereocenters. The van der Waals surface area contributed by atoms with Crippen LogP contribution in [0.5, 0.6) is 0 Å². The molecule has 0 saturated heterocycles. The van der Waals surface area contributed by atoms with E-state index in [1.807, 2.05) is 0 Å². The first-order chi connectivity index (χ1) is 7.36. The molecule has 0 saturated carbocycles. The zero-order chi connectivity index (χ0) is 10.9. The molecule has 0 aromatic heterocycles. The zero-order valence-corrected chi connectivity index (χ0v) is 10.1. The summed E-state index contributed by atoms with van der Waals surface area (Å²) >= 11 is 0. The molecule has 0 spiro atoms. The fraction of sp³-hybridized carbons (Fsp3) is 0.571. The third-order valence-corrected chi connectivity index (χ3v) is 2.64. The highest BCUT2D eigenvalue weighted by Crippen LogP contribution is 2.02. The van der Waals surface area contributed by atoms with Crippen molar-refractivity contribution in [2.45, 2.75) is 33.1 Å². The molecule has 0 fully saturated rings. The molecule has 84 valence electrons. The van der Waals surface area contributed by atoms with Gasteiger partial charge in [0, 0.05) is 6.54 Å². The van der Waals surface area contributed by atoms with Gasteiger partial charge in [0.05, 0.1) is 0 Å². The summed E-state index contributed by atoms with van der Waals surface area (Å²) in [6.45, 7) is 8.18. The summed E-state index contributed by atoms with van der Waals surface area (Å²) in [6, 6.07) is 10.8. The van der Waals surface area contributed by atoms with E-state index in [-0.39, 0.29) is 0 Å². The SMILES string of the molecule is CCCN(CCC)CCc1ccccc1. The van der Waals surface area contributed by atoms with Crippen LogP contribution in [0.3, 0.4) is 0 Å². The first-order valence-electron chi connectivity index (χ1n) is 6.13. The Labute approximate surface area is 94.1 Å². The molecule has 0 aliphatic heterocycles. The molecule has 15 heavy (non-hydrogen) atoms. The Morgan fingerprint density at radius 1 is 0.867 bits per heavy atom. The van der Waals surface area contributed by atoms with Gasteiger partial charge in [0.15, 0.2) is 0 Å². The number of hydrogen-bond acceptors (Lipinski definition) is 1. The maximum Gasteiger partial charge on any atom is 0.00218 e. The van der Waals surface area contributed by atoms with Crippen molar-refractivity contribution in [1.29, 1.82) is 0 Å². The molecule has 0 aliphatic rings. The topological polar surface area (TPSA) is 3.24 Å². The lowest BCUT2D eigenvalue weighted by molar-refractivity contribution is 0.278. The minimum atomic E-state index is 1.18. The van der Waals surface area contributed by atoms with Crippen LogP contribution in [-0.4, -0.2) is 24.5 Å². The van der Waals surface area contributed by atoms with Gasteiger partial charge in [-0.3, -0.25) is 0 Å². The van der Waals surface area contributed by atoms with E-state index in [1.54, 1.807) is 0 Å². The summed E-state index contributed by atoms with van der Waals surface area (Å²) in [5.41, 5.74) is 1.45. The van der Waals surface area contributed by atoms with Crippen LogP contribution in [0.25, 0.3) is 0 Å². The van der Waals surface area contributed by atoms with E-state index in [2.05, 4.69) is 49.1 Å². The highest BCUT2D eigenvalue weighted by Gasteiger charge is 2.02. The van der Waals surface area contributed by atoms with E-state index >= 15 is 0 Å². The van der Waals surface area contributed by atoms with Crippen LogP contribution in [0.2, 0.25) is 0 Å². The molecule has 0 radical (unpaired) electrons. The van der Waals surface area contributed by atoms with Gasteiger partial charge in [-0.1, -0.05) is 44.2 Å². The smallest absolute Gasteiger partial charge is 0.00218 e. The number of nitrogens with zero attached hydrogens (tertiary/aromatic N) is 1. The van der Waals surface area contributed by atoms with Crippen LogP contribution in [0, 0.1) is 0 Å². The second-order valence-corrected chi connectivity index (χ2v) is 4.08. The van der Waals surface area contributed by atoms with Crippen LogP contribution in [0.15, 0.2) is 30.3 Å². The lowest BCUT2D eigenvalue weighted by Crippen LogP contribution is -2.27. The maximum atomic E-state index is 2.56. The van der Waals surface area contributed by atoms with E-state index < -0.39 is 0 Å². The Morgan fingerprint density at radius 3 is 2.00 bits per heavy atom. The molecule has 0 bridgehead atoms. The van der Waals surface area contributed by atoms with E-state index in [0.29, 0.717) is 0 Å². The fourth-order valence-electron chi connectivity index (χ4n) is 1.90. The van der Waals surface area contributed by atoms with Crippen molar-refractivity contribution in [3.05, 3.63) is 35.9 Å². The molecule has 1 heteroatoms. The Kier molecular flexibility index (Phi) is 6.10. The molecule has 1 rings (SSSR count). The van der Waals surface area contributed by atoms with Gasteiger partial charge in [0.1, 0.15) is 0 Å². The summed E-state index contributed by atoms with van der Waals surface area (Å²) in [5, 5.41) is 0. The molecular weight excluding hydrogens is 182 g/mol. The second-order valence-electron chi connectivity index (χ2n) is 4.08. The summed E-state index contributed by atoms with van der Waals surface area (Å²) < 4.78 is 0. The van der Waals surface area contributed by atoms with Crippen molar-refractivity contribution < 1.29 is 0 Å². The predicted octanol–water partition coefficient (Wildman–Crippen LogP) is 3.35. The van der Waals surface area contributed by atoms with Crippen LogP contribution < -0.4 is 0 Å². The van der Waals surface area contributed by atoms with Crippen molar-refractivity contribution in [3.63, 3.8) is 0 Å². The molecule has 0 amide bonds. The van der Waals surface area contributed by atoms with Gasteiger partial charge in [0.2, 0.25) is 0 Å². The second kappa shape index (κ2) is 7.47. The third-order valence-electron chi connectivity index (χ3n) is 2.64. The summed E-state index contributed by atoms with van der Waals surface area (Å²) in [6.07, 6.45) is 3.70. The molecule has 1 aromatic rings. The Hall–Kier alpha value is -0.820. The van der Waals surface area contributed by atoms with Crippen LogP contribution in [-0.2, 0) is 6.42 Å². The minimum Gasteiger partial charge on any atom is -0.303 e. The van der Waals surface area contributed by atoms with Gasteiger partial charge >= 0.3 is 0 Å². The molecule has 0 aliphatic carbocycles. The van der Waals surface area contributed by atoms with Gasteiger partial charge in [-0.15, -0.1) is 0 Å². The average Bonchev–Trinajstić information content (AvgIpc) is 2.28. The highest BCUT2D eigenvalue weighted by atomic mass is 15.1. The lowest BCUT2D eigenvalue weighted by atomic mass is 10.1. The van der Waals surface area contributed by atoms with E-state index in [4.69, 9.17) is 0 Å². The Bertz CT molecular complexity index is 237. The number of benzene rings is 1. The van der Waals surface area contributed by atoms with Crippen LogP contribution in [0.1, 0.15) is 32.3 Å². The van der Waals surface area contributed by atoms with Crippen molar-refractivity contribution in [3.8, 4) is 0 Å². The van der Waals surface area contributed by atoms with Crippen molar-refractivity contribution >= 4 is 0 Å². The van der Waals surface area contributed by atoms with Gasteiger partial charge in [0.25, 0.3) is 0 Å². The molecule has 1 nitrogen and oxygen atoms in total. The monoisotopic (exact) mass is 205 g/mol. The van der Waals surface area contributed by atoms with Crippen molar-refractivity contribution in [1.82, 2.24) is 4.90 Å². The maximum absolute atomic E-state index is 2.56. The number of rotatable bonds is 7. The van der Waals surface area contributed by atoms with Crippen LogP contribution >= 0.6 is 0 Å². The normalized spacial score (nSPS) is 10.9. The summed E-state index contributed by atoms with van der Waals surface area (Å²) in [7, 11) is 0. The van der Waals surface area contributed by atoms with Gasteiger partial charge in [-0.2, -0.15) is 0 Å². The first kappa shape index (κ1) is 12.3. The minimum absolute atomic E-state index is 1.18. The molecular formula is C14H23N. The summed E-state index contributed by atoms with van der Waals surface area (Å²) in [4.78, 5) is 2.56.